The third kappa shape index (κ3) is 3.02. The first-order valence-corrected chi connectivity index (χ1v) is 8.87. The smallest absolute Gasteiger partial charge is 0.250 e. The van der Waals surface area contributed by atoms with Crippen molar-refractivity contribution >= 4 is 28.9 Å². The highest BCUT2D eigenvalue weighted by Gasteiger charge is 2.27. The molecular weight excluding hydrogens is 346 g/mol. The normalized spacial score (nSPS) is 18.1. The summed E-state index contributed by atoms with van der Waals surface area (Å²) in [5, 5.41) is 12.2. The van der Waals surface area contributed by atoms with Crippen molar-refractivity contribution in [3.8, 4) is 5.69 Å². The first-order chi connectivity index (χ1) is 11.7. The Morgan fingerprint density at radius 2 is 2.04 bits per heavy atom. The van der Waals surface area contributed by atoms with Gasteiger partial charge in [-0.2, -0.15) is 4.68 Å². The summed E-state index contributed by atoms with van der Waals surface area (Å²) in [6.45, 7) is 4.13. The molecule has 2 aromatic heterocycles. The molecule has 1 atom stereocenters. The van der Waals surface area contributed by atoms with Crippen LogP contribution in [0.2, 0.25) is 4.34 Å². The summed E-state index contributed by atoms with van der Waals surface area (Å²) in [4.78, 5) is 3.28. The van der Waals surface area contributed by atoms with Crippen molar-refractivity contribution in [2.24, 2.45) is 0 Å². The van der Waals surface area contributed by atoms with Crippen LogP contribution in [0.5, 0.6) is 0 Å². The second-order valence-corrected chi connectivity index (χ2v) is 7.42. The summed E-state index contributed by atoms with van der Waals surface area (Å²) >= 11 is 7.60. The van der Waals surface area contributed by atoms with Crippen molar-refractivity contribution in [2.75, 3.05) is 24.6 Å². The van der Waals surface area contributed by atoms with Gasteiger partial charge in [0.15, 0.2) is 0 Å². The van der Waals surface area contributed by atoms with Crippen LogP contribution in [0, 0.1) is 6.92 Å². The predicted octanol–water partition coefficient (Wildman–Crippen LogP) is 3.26. The monoisotopic (exact) mass is 361 g/mol. The molecular formula is C16H16ClN5OS. The number of thiophene rings is 1. The van der Waals surface area contributed by atoms with E-state index in [0.717, 1.165) is 27.4 Å². The van der Waals surface area contributed by atoms with Crippen molar-refractivity contribution in [3.63, 3.8) is 0 Å². The standard InChI is InChI=1S/C16H16ClN5OS/c1-11-2-4-12(5-3-11)22-16(18-19-20-22)21-8-9-23-13(10-21)14-6-7-15(17)24-14/h2-7,13H,8-10H2,1H3. The number of rotatable bonds is 3. The minimum atomic E-state index is -0.0144. The van der Waals surface area contributed by atoms with E-state index >= 15 is 0 Å². The van der Waals surface area contributed by atoms with Gasteiger partial charge in [0.05, 0.1) is 23.2 Å². The first kappa shape index (κ1) is 15.6. The van der Waals surface area contributed by atoms with Crippen LogP contribution in [0.1, 0.15) is 16.5 Å². The zero-order valence-corrected chi connectivity index (χ0v) is 14.7. The maximum absolute atomic E-state index is 6.05. The predicted molar refractivity (Wildman–Crippen MR) is 94.1 cm³/mol. The summed E-state index contributed by atoms with van der Waals surface area (Å²) < 4.78 is 8.44. The van der Waals surface area contributed by atoms with E-state index in [1.165, 1.54) is 5.56 Å². The molecule has 124 valence electrons. The van der Waals surface area contributed by atoms with E-state index in [-0.39, 0.29) is 6.10 Å². The summed E-state index contributed by atoms with van der Waals surface area (Å²) in [7, 11) is 0. The lowest BCUT2D eigenvalue weighted by molar-refractivity contribution is 0.0414. The summed E-state index contributed by atoms with van der Waals surface area (Å²) in [5.74, 6) is 0.731. The maximum atomic E-state index is 6.05. The van der Waals surface area contributed by atoms with Gasteiger partial charge < -0.3 is 9.64 Å². The second kappa shape index (κ2) is 6.51. The van der Waals surface area contributed by atoms with E-state index in [9.17, 15) is 0 Å². The SMILES string of the molecule is Cc1ccc(-n2nnnc2N2CCOC(c3ccc(Cl)s3)C2)cc1. The highest BCUT2D eigenvalue weighted by Crippen LogP contribution is 2.32. The van der Waals surface area contributed by atoms with Gasteiger partial charge in [0.1, 0.15) is 6.10 Å². The lowest BCUT2D eigenvalue weighted by Crippen LogP contribution is -2.39. The minimum absolute atomic E-state index is 0.0144. The molecule has 1 fully saturated rings. The van der Waals surface area contributed by atoms with E-state index in [2.05, 4.69) is 39.5 Å². The molecule has 3 aromatic rings. The molecule has 1 aliphatic heterocycles. The van der Waals surface area contributed by atoms with Gasteiger partial charge in [-0.25, -0.2) is 0 Å². The van der Waals surface area contributed by atoms with E-state index in [1.54, 1.807) is 16.0 Å². The molecule has 3 heterocycles. The van der Waals surface area contributed by atoms with Gasteiger partial charge in [-0.1, -0.05) is 34.4 Å². The van der Waals surface area contributed by atoms with Crippen LogP contribution < -0.4 is 4.90 Å². The van der Waals surface area contributed by atoms with Gasteiger partial charge in [0.25, 0.3) is 5.95 Å². The van der Waals surface area contributed by atoms with Crippen molar-refractivity contribution in [1.82, 2.24) is 20.2 Å². The van der Waals surface area contributed by atoms with E-state index in [0.29, 0.717) is 13.2 Å². The fourth-order valence-corrected chi connectivity index (χ4v) is 3.84. The Balaban J connectivity index is 1.60. The molecule has 0 radical (unpaired) electrons. The lowest BCUT2D eigenvalue weighted by Gasteiger charge is -2.32. The molecule has 8 heteroatoms. The van der Waals surface area contributed by atoms with Crippen LogP contribution in [-0.2, 0) is 4.74 Å². The number of aryl methyl sites for hydroxylation is 1. The quantitative estimate of drug-likeness (QED) is 0.716. The van der Waals surface area contributed by atoms with Crippen molar-refractivity contribution < 1.29 is 4.74 Å². The number of aromatic nitrogens is 4. The van der Waals surface area contributed by atoms with Crippen molar-refractivity contribution in [1.29, 1.82) is 0 Å². The highest BCUT2D eigenvalue weighted by molar-refractivity contribution is 7.16. The fraction of sp³-hybridized carbons (Fsp3) is 0.312. The van der Waals surface area contributed by atoms with Gasteiger partial charge in [0, 0.05) is 11.4 Å². The molecule has 0 bridgehead atoms. The molecule has 0 amide bonds. The summed E-state index contributed by atoms with van der Waals surface area (Å²) in [6.07, 6.45) is -0.0144. The van der Waals surface area contributed by atoms with Crippen LogP contribution in [-0.4, -0.2) is 39.9 Å². The third-order valence-electron chi connectivity index (χ3n) is 3.99. The zero-order valence-electron chi connectivity index (χ0n) is 13.1. The Morgan fingerprint density at radius 3 is 2.79 bits per heavy atom. The average molecular weight is 362 g/mol. The van der Waals surface area contributed by atoms with Crippen LogP contribution >= 0.6 is 22.9 Å². The number of morpholine rings is 1. The van der Waals surface area contributed by atoms with Gasteiger partial charge in [-0.15, -0.1) is 11.3 Å². The highest BCUT2D eigenvalue weighted by atomic mass is 35.5. The Labute approximate surface area is 148 Å². The Morgan fingerprint density at radius 1 is 1.21 bits per heavy atom. The number of hydrogen-bond donors (Lipinski definition) is 0. The molecule has 1 saturated heterocycles. The molecule has 24 heavy (non-hydrogen) atoms. The van der Waals surface area contributed by atoms with E-state index in [4.69, 9.17) is 16.3 Å². The Kier molecular flexibility index (Phi) is 4.22. The van der Waals surface area contributed by atoms with Gasteiger partial charge >= 0.3 is 0 Å². The number of nitrogens with zero attached hydrogens (tertiary/aromatic N) is 5. The number of halogens is 1. The number of ether oxygens (including phenoxy) is 1. The first-order valence-electron chi connectivity index (χ1n) is 7.68. The Hall–Kier alpha value is -1.96. The van der Waals surface area contributed by atoms with E-state index in [1.807, 2.05) is 24.3 Å². The van der Waals surface area contributed by atoms with E-state index < -0.39 is 0 Å². The molecule has 0 spiro atoms. The topological polar surface area (TPSA) is 56.1 Å². The summed E-state index contributed by atoms with van der Waals surface area (Å²) in [5.41, 5.74) is 2.15. The van der Waals surface area contributed by atoms with Crippen LogP contribution in [0.4, 0.5) is 5.95 Å². The molecule has 4 rings (SSSR count). The van der Waals surface area contributed by atoms with Gasteiger partial charge in [0.2, 0.25) is 0 Å². The Bertz CT molecular complexity index is 831. The largest absolute Gasteiger partial charge is 0.369 e. The molecule has 1 unspecified atom stereocenters. The molecule has 1 aliphatic rings. The molecule has 0 saturated carbocycles. The van der Waals surface area contributed by atoms with Gasteiger partial charge in [-0.05, 0) is 41.6 Å². The van der Waals surface area contributed by atoms with Gasteiger partial charge in [-0.3, -0.25) is 0 Å². The van der Waals surface area contributed by atoms with Crippen molar-refractivity contribution in [2.45, 2.75) is 13.0 Å². The zero-order chi connectivity index (χ0) is 16.5. The van der Waals surface area contributed by atoms with Crippen LogP contribution in [0.25, 0.3) is 5.69 Å². The molecule has 6 nitrogen and oxygen atoms in total. The van der Waals surface area contributed by atoms with Crippen LogP contribution in [0.3, 0.4) is 0 Å². The number of anilines is 1. The average Bonchev–Trinajstić information content (AvgIpc) is 3.25. The lowest BCUT2D eigenvalue weighted by atomic mass is 10.2. The molecule has 1 aromatic carbocycles. The number of tetrazole rings is 1. The van der Waals surface area contributed by atoms with Crippen LogP contribution in [0.15, 0.2) is 36.4 Å². The molecule has 0 aliphatic carbocycles. The molecule has 0 N–H and O–H groups in total. The minimum Gasteiger partial charge on any atom is -0.369 e. The summed E-state index contributed by atoms with van der Waals surface area (Å²) in [6, 6.07) is 12.1. The third-order valence-corrected chi connectivity index (χ3v) is 5.32. The van der Waals surface area contributed by atoms with Crippen molar-refractivity contribution in [3.05, 3.63) is 51.2 Å². The number of hydrogen-bond acceptors (Lipinski definition) is 6. The number of benzene rings is 1. The maximum Gasteiger partial charge on any atom is 0.250 e. The second-order valence-electron chi connectivity index (χ2n) is 5.67. The fourth-order valence-electron chi connectivity index (χ4n) is 2.74.